The van der Waals surface area contributed by atoms with Crippen LogP contribution >= 0.6 is 0 Å². The van der Waals surface area contributed by atoms with Crippen molar-refractivity contribution in [3.8, 4) is 0 Å². The zero-order valence-electron chi connectivity index (χ0n) is 16.6. The van der Waals surface area contributed by atoms with Gasteiger partial charge in [-0.3, -0.25) is 0 Å². The fraction of sp³-hybridized carbons (Fsp3) is 1.00. The summed E-state index contributed by atoms with van der Waals surface area (Å²) < 4.78 is 20.4. The van der Waals surface area contributed by atoms with E-state index in [0.29, 0.717) is 0 Å². The molecule has 0 unspecified atom stereocenters. The van der Waals surface area contributed by atoms with Crippen molar-refractivity contribution in [2.75, 3.05) is 13.6 Å². The summed E-state index contributed by atoms with van der Waals surface area (Å²) in [4.78, 5) is 0. The van der Waals surface area contributed by atoms with Crippen LogP contribution in [0.2, 0.25) is 4.44 Å². The molecule has 0 amide bonds. The molecule has 0 saturated heterocycles. The Bertz CT molecular complexity index is 273. The van der Waals surface area contributed by atoms with Gasteiger partial charge in [-0.05, 0) is 0 Å². The van der Waals surface area contributed by atoms with E-state index in [1.54, 1.807) is 0 Å². The SMILES string of the molecule is CNCCC[CH2][Sn]([O]C(C)(C)C)([O]C(C)(C)C)[O]C(C)(C)C. The van der Waals surface area contributed by atoms with Crippen LogP contribution in [0.15, 0.2) is 0 Å². The third kappa shape index (κ3) is 12.1. The van der Waals surface area contributed by atoms with Crippen molar-refractivity contribution < 1.29 is 9.22 Å². The van der Waals surface area contributed by atoms with Crippen LogP contribution in [0.4, 0.5) is 0 Å². The Kier molecular flexibility index (Phi) is 8.90. The van der Waals surface area contributed by atoms with Gasteiger partial charge in [0.15, 0.2) is 0 Å². The number of hydrogen-bond acceptors (Lipinski definition) is 4. The molecule has 0 aromatic heterocycles. The van der Waals surface area contributed by atoms with E-state index in [4.69, 9.17) is 9.22 Å². The molecule has 0 spiro atoms. The van der Waals surface area contributed by atoms with E-state index >= 15 is 0 Å². The Morgan fingerprint density at radius 2 is 1.05 bits per heavy atom. The van der Waals surface area contributed by atoms with E-state index in [9.17, 15) is 0 Å². The summed E-state index contributed by atoms with van der Waals surface area (Å²) in [5, 5.41) is 3.20. The van der Waals surface area contributed by atoms with Gasteiger partial charge in [-0.1, -0.05) is 0 Å². The number of unbranched alkanes of at least 4 members (excludes halogenated alkanes) is 1. The summed E-state index contributed by atoms with van der Waals surface area (Å²) >= 11 is -3.68. The molecule has 1 N–H and O–H groups in total. The quantitative estimate of drug-likeness (QED) is 0.464. The maximum atomic E-state index is 6.50. The van der Waals surface area contributed by atoms with Crippen molar-refractivity contribution in [3.05, 3.63) is 0 Å². The summed E-state index contributed by atoms with van der Waals surface area (Å²) in [5.41, 5.74) is -0.763. The number of rotatable bonds is 8. The standard InChI is InChI=1S/C5H12N.3C4H9O.Sn/c1-3-4-5-6-2;3*1-4(2,3)5;/h6H,1,3-5H2,2H3;3*1-3H3;/q;3*-1;+3. The molecule has 0 aliphatic carbocycles. The fourth-order valence-corrected chi connectivity index (χ4v) is 13.4. The summed E-state index contributed by atoms with van der Waals surface area (Å²) in [6, 6.07) is 0. The summed E-state index contributed by atoms with van der Waals surface area (Å²) in [5.74, 6) is 0. The van der Waals surface area contributed by atoms with Crippen molar-refractivity contribution in [2.24, 2.45) is 0 Å². The summed E-state index contributed by atoms with van der Waals surface area (Å²) in [6.07, 6.45) is 2.18. The van der Waals surface area contributed by atoms with Crippen LogP contribution in [0.5, 0.6) is 0 Å². The molecule has 0 fully saturated rings. The number of nitrogens with one attached hydrogen (secondary N) is 1. The average Bonchev–Trinajstić information content (AvgIpc) is 2.16. The van der Waals surface area contributed by atoms with Gasteiger partial charge in [0.1, 0.15) is 0 Å². The van der Waals surface area contributed by atoms with Crippen molar-refractivity contribution in [1.82, 2.24) is 5.32 Å². The monoisotopic (exact) mass is 425 g/mol. The predicted molar refractivity (Wildman–Crippen MR) is 96.2 cm³/mol. The molecule has 0 saturated carbocycles. The molecule has 0 aromatic rings. The normalized spacial score (nSPS) is 14.5. The molecular weight excluding hydrogens is 385 g/mol. The predicted octanol–water partition coefficient (Wildman–Crippen LogP) is 4.37. The van der Waals surface area contributed by atoms with Gasteiger partial charge >= 0.3 is 144 Å². The first kappa shape index (κ1) is 22.6. The van der Waals surface area contributed by atoms with Crippen LogP contribution in [-0.2, 0) is 9.22 Å². The first-order chi connectivity index (χ1) is 9.68. The molecule has 0 bridgehead atoms. The zero-order valence-corrected chi connectivity index (χ0v) is 19.4. The van der Waals surface area contributed by atoms with Gasteiger partial charge in [-0.25, -0.2) is 0 Å². The van der Waals surface area contributed by atoms with Crippen LogP contribution in [0.25, 0.3) is 0 Å². The van der Waals surface area contributed by atoms with E-state index in [2.05, 4.69) is 67.6 Å². The van der Waals surface area contributed by atoms with Crippen molar-refractivity contribution in [2.45, 2.75) is 96.4 Å². The van der Waals surface area contributed by atoms with Gasteiger partial charge in [0.2, 0.25) is 0 Å². The fourth-order valence-electron chi connectivity index (χ4n) is 2.26. The number of hydrogen-bond donors (Lipinski definition) is 1. The van der Waals surface area contributed by atoms with E-state index in [-0.39, 0.29) is 16.8 Å². The average molecular weight is 424 g/mol. The van der Waals surface area contributed by atoms with E-state index in [0.717, 1.165) is 23.8 Å². The molecule has 0 heterocycles. The van der Waals surface area contributed by atoms with Crippen molar-refractivity contribution in [3.63, 3.8) is 0 Å². The molecule has 134 valence electrons. The summed E-state index contributed by atoms with van der Waals surface area (Å²) in [7, 11) is 1.99. The third-order valence-electron chi connectivity index (χ3n) is 2.54. The minimum atomic E-state index is -3.68. The zero-order chi connectivity index (χ0) is 17.7. The van der Waals surface area contributed by atoms with Gasteiger partial charge in [-0.2, -0.15) is 0 Å². The molecule has 5 heteroatoms. The first-order valence-electron chi connectivity index (χ1n) is 8.43. The Hall–Kier alpha value is 0.639. The van der Waals surface area contributed by atoms with Crippen LogP contribution in [-0.4, -0.2) is 50.0 Å². The molecule has 0 aliphatic heterocycles. The van der Waals surface area contributed by atoms with Crippen LogP contribution in [0, 0.1) is 0 Å². The second-order valence-corrected chi connectivity index (χ2v) is 16.0. The maximum absolute atomic E-state index is 6.50. The third-order valence-corrected chi connectivity index (χ3v) is 13.2. The van der Waals surface area contributed by atoms with Gasteiger partial charge in [0.05, 0.1) is 0 Å². The van der Waals surface area contributed by atoms with Crippen LogP contribution < -0.4 is 5.32 Å². The summed E-state index contributed by atoms with van der Waals surface area (Å²) in [6.45, 7) is 19.8. The Labute approximate surface area is 144 Å². The van der Waals surface area contributed by atoms with Gasteiger partial charge < -0.3 is 0 Å². The molecule has 0 aromatic carbocycles. The Balaban J connectivity index is 5.30. The Morgan fingerprint density at radius 1 is 0.682 bits per heavy atom. The van der Waals surface area contributed by atoms with Gasteiger partial charge in [0, 0.05) is 0 Å². The first-order valence-corrected chi connectivity index (χ1v) is 13.9. The molecule has 0 radical (unpaired) electrons. The second-order valence-electron chi connectivity index (χ2n) is 8.89. The van der Waals surface area contributed by atoms with Crippen LogP contribution in [0.1, 0.15) is 75.2 Å². The molecule has 22 heavy (non-hydrogen) atoms. The van der Waals surface area contributed by atoms with E-state index in [1.165, 1.54) is 0 Å². The topological polar surface area (TPSA) is 39.7 Å². The van der Waals surface area contributed by atoms with E-state index in [1.807, 2.05) is 7.05 Å². The van der Waals surface area contributed by atoms with Gasteiger partial charge in [0.25, 0.3) is 0 Å². The second kappa shape index (κ2) is 8.65. The van der Waals surface area contributed by atoms with Gasteiger partial charge in [-0.15, -0.1) is 0 Å². The molecule has 0 rings (SSSR count). The van der Waals surface area contributed by atoms with E-state index < -0.39 is 19.6 Å². The Morgan fingerprint density at radius 3 is 1.32 bits per heavy atom. The molecule has 0 atom stereocenters. The molecule has 0 aliphatic rings. The van der Waals surface area contributed by atoms with Crippen molar-refractivity contribution in [1.29, 1.82) is 0 Å². The minimum absolute atomic E-state index is 0.254. The van der Waals surface area contributed by atoms with Crippen LogP contribution in [0.3, 0.4) is 0 Å². The molecule has 4 nitrogen and oxygen atoms in total. The molecular formula is C17H39NO3Sn. The van der Waals surface area contributed by atoms with Crippen molar-refractivity contribution >= 4 is 19.6 Å².